The summed E-state index contributed by atoms with van der Waals surface area (Å²) in [4.78, 5) is 0. The van der Waals surface area contributed by atoms with Crippen molar-refractivity contribution in [2.24, 2.45) is 0 Å². The molecule has 9 heteroatoms. The van der Waals surface area contributed by atoms with Crippen LogP contribution in [0.5, 0.6) is 0 Å². The van der Waals surface area contributed by atoms with Gasteiger partial charge in [-0.15, -0.1) is 0 Å². The van der Waals surface area contributed by atoms with E-state index in [1.165, 1.54) is 11.1 Å². The van der Waals surface area contributed by atoms with E-state index in [2.05, 4.69) is 117 Å². The first-order valence-electron chi connectivity index (χ1n) is 14.9. The summed E-state index contributed by atoms with van der Waals surface area (Å²) >= 11 is 3.74. The molecule has 39 heavy (non-hydrogen) atoms. The van der Waals surface area contributed by atoms with Gasteiger partial charge in [0.05, 0.1) is 0 Å². The fourth-order valence-electron chi connectivity index (χ4n) is 4.70. The third kappa shape index (κ3) is 15.6. The Morgan fingerprint density at radius 1 is 0.487 bits per heavy atom. The first-order chi connectivity index (χ1) is 18.0. The zero-order chi connectivity index (χ0) is 29.8. The van der Waals surface area contributed by atoms with E-state index >= 15 is 0 Å². The summed E-state index contributed by atoms with van der Waals surface area (Å²) < 4.78 is 39.3. The maximum atomic E-state index is 6.37. The number of aryl methyl sites for hydroxylation is 2. The van der Waals surface area contributed by atoms with Gasteiger partial charge in [0, 0.05) is 53.2 Å². The molecule has 0 atom stereocenters. The van der Waals surface area contributed by atoms with E-state index in [9.17, 15) is 0 Å². The summed E-state index contributed by atoms with van der Waals surface area (Å²) in [7, 11) is -5.59. The molecule has 1 aromatic carbocycles. The molecule has 0 heterocycles. The molecule has 0 amide bonds. The normalized spacial score (nSPS) is 13.3. The molecule has 0 saturated carbocycles. The van der Waals surface area contributed by atoms with Crippen LogP contribution in [-0.2, 0) is 39.4 Å². The van der Waals surface area contributed by atoms with E-state index in [0.29, 0.717) is 0 Å². The van der Waals surface area contributed by atoms with E-state index in [1.54, 1.807) is 0 Å². The molecular weight excluding hydrogens is 592 g/mol. The first kappa shape index (κ1) is 36.9. The number of hydrogen-bond acceptors (Lipinski definition) is 6. The van der Waals surface area contributed by atoms with Crippen LogP contribution < -0.4 is 0 Å². The van der Waals surface area contributed by atoms with Crippen molar-refractivity contribution in [3.05, 3.63) is 33.8 Å². The van der Waals surface area contributed by atoms with Crippen LogP contribution in [0.25, 0.3) is 0 Å². The van der Waals surface area contributed by atoms with Crippen LogP contribution in [0.3, 0.4) is 0 Å². The zero-order valence-corrected chi connectivity index (χ0v) is 30.4. The van der Waals surface area contributed by atoms with Crippen molar-refractivity contribution in [1.82, 2.24) is 0 Å². The lowest BCUT2D eigenvalue weighted by molar-refractivity contribution is 0.00176. The van der Waals surface area contributed by atoms with Gasteiger partial charge < -0.3 is 26.6 Å². The monoisotopic (exact) mass is 648 g/mol. The number of halogens is 1. The lowest BCUT2D eigenvalue weighted by Gasteiger charge is -2.34. The van der Waals surface area contributed by atoms with Crippen molar-refractivity contribution in [3.63, 3.8) is 0 Å². The second-order valence-corrected chi connectivity index (χ2v) is 18.1. The third-order valence-electron chi connectivity index (χ3n) is 5.41. The number of hydrogen-bond donors (Lipinski definition) is 0. The summed E-state index contributed by atoms with van der Waals surface area (Å²) in [6, 6.07) is 8.34. The minimum absolute atomic E-state index is 0.0568. The van der Waals surface area contributed by atoms with Crippen molar-refractivity contribution >= 4 is 33.5 Å². The van der Waals surface area contributed by atoms with Gasteiger partial charge in [-0.2, -0.15) is 0 Å². The predicted molar refractivity (Wildman–Crippen MR) is 169 cm³/mol. The topological polar surface area (TPSA) is 55.4 Å². The van der Waals surface area contributed by atoms with Gasteiger partial charge in [-0.25, -0.2) is 0 Å². The fourth-order valence-corrected chi connectivity index (χ4v) is 11.9. The Kier molecular flexibility index (Phi) is 16.8. The highest BCUT2D eigenvalue weighted by molar-refractivity contribution is 9.10. The van der Waals surface area contributed by atoms with Crippen molar-refractivity contribution in [2.75, 3.05) is 0 Å². The molecule has 0 aliphatic heterocycles. The van der Waals surface area contributed by atoms with Crippen molar-refractivity contribution in [3.8, 4) is 0 Å². The van der Waals surface area contributed by atoms with Crippen LogP contribution in [-0.4, -0.2) is 54.2 Å². The molecule has 0 fully saturated rings. The van der Waals surface area contributed by atoms with Crippen LogP contribution >= 0.6 is 15.9 Å². The molecule has 0 bridgehead atoms. The standard InChI is InChI=1S/C30H57BrO6Si2/c1-22(2)32-38(33-23(3)4,34-24(5)6)17-13-15-28-19-29(21-30(31)20-28)16-14-18-39(35-25(7)8,36-26(9)10)37-27(11)12/h19-27H,13-18H2,1-12H3. The molecule has 0 saturated heterocycles. The van der Waals surface area contributed by atoms with E-state index in [0.717, 1.165) is 42.2 Å². The number of benzene rings is 1. The minimum atomic E-state index is -2.80. The molecule has 0 aliphatic rings. The Labute approximate surface area is 250 Å². The van der Waals surface area contributed by atoms with Gasteiger partial charge in [0.15, 0.2) is 0 Å². The molecule has 6 nitrogen and oxygen atoms in total. The van der Waals surface area contributed by atoms with Gasteiger partial charge in [-0.1, -0.05) is 22.0 Å². The Hall–Kier alpha value is -0.106. The van der Waals surface area contributed by atoms with Crippen LogP contribution in [0.2, 0.25) is 12.1 Å². The maximum Gasteiger partial charge on any atom is 0.501 e. The van der Waals surface area contributed by atoms with Gasteiger partial charge in [0.2, 0.25) is 0 Å². The average Bonchev–Trinajstić information content (AvgIpc) is 2.70. The summed E-state index contributed by atoms with van der Waals surface area (Å²) in [5, 5.41) is 0. The van der Waals surface area contributed by atoms with Crippen molar-refractivity contribution < 1.29 is 26.6 Å². The van der Waals surface area contributed by atoms with Crippen LogP contribution in [0.15, 0.2) is 22.7 Å². The fraction of sp³-hybridized carbons (Fsp3) is 0.800. The average molecular weight is 650 g/mol. The van der Waals surface area contributed by atoms with Gasteiger partial charge in [0.1, 0.15) is 0 Å². The molecular formula is C30H57BrO6Si2. The van der Waals surface area contributed by atoms with E-state index in [4.69, 9.17) is 26.6 Å². The Balaban J connectivity index is 2.96. The minimum Gasteiger partial charge on any atom is -0.371 e. The summed E-state index contributed by atoms with van der Waals surface area (Å²) in [6.45, 7) is 24.6. The van der Waals surface area contributed by atoms with E-state index in [1.807, 2.05) is 0 Å². The highest BCUT2D eigenvalue weighted by atomic mass is 79.9. The van der Waals surface area contributed by atoms with Gasteiger partial charge in [-0.3, -0.25) is 0 Å². The second kappa shape index (κ2) is 17.8. The molecule has 1 rings (SSSR count). The first-order valence-corrected chi connectivity index (χ1v) is 19.6. The maximum absolute atomic E-state index is 6.37. The van der Waals surface area contributed by atoms with Gasteiger partial charge in [-0.05, 0) is 132 Å². The lowest BCUT2D eigenvalue weighted by atomic mass is 10.0. The summed E-state index contributed by atoms with van der Waals surface area (Å²) in [5.41, 5.74) is 2.61. The Bertz CT molecular complexity index is 701. The highest BCUT2D eigenvalue weighted by Crippen LogP contribution is 2.28. The van der Waals surface area contributed by atoms with Crippen molar-refractivity contribution in [2.45, 2.75) is 157 Å². The lowest BCUT2D eigenvalue weighted by Crippen LogP contribution is -2.50. The highest BCUT2D eigenvalue weighted by Gasteiger charge is 2.44. The SMILES string of the molecule is CC(C)O[Si](CCCc1cc(Br)cc(CCC[Si](OC(C)C)(OC(C)C)OC(C)C)c1)(OC(C)C)OC(C)C. The van der Waals surface area contributed by atoms with E-state index < -0.39 is 17.6 Å². The second-order valence-electron chi connectivity index (χ2n) is 12.0. The zero-order valence-electron chi connectivity index (χ0n) is 26.8. The summed E-state index contributed by atoms with van der Waals surface area (Å²) in [6.07, 6.45) is 4.10. The molecule has 1 aromatic rings. The quantitative estimate of drug-likeness (QED) is 0.132. The summed E-state index contributed by atoms with van der Waals surface area (Å²) in [5.74, 6) is 0. The molecule has 0 spiro atoms. The molecule has 0 radical (unpaired) electrons. The molecule has 0 N–H and O–H groups in total. The van der Waals surface area contributed by atoms with E-state index in [-0.39, 0.29) is 36.6 Å². The molecule has 228 valence electrons. The van der Waals surface area contributed by atoms with Crippen molar-refractivity contribution in [1.29, 1.82) is 0 Å². The predicted octanol–water partition coefficient (Wildman–Crippen LogP) is 8.74. The Morgan fingerprint density at radius 3 is 0.974 bits per heavy atom. The van der Waals surface area contributed by atoms with Crippen LogP contribution in [0.4, 0.5) is 0 Å². The molecule has 0 aliphatic carbocycles. The largest absolute Gasteiger partial charge is 0.501 e. The van der Waals surface area contributed by atoms with Crippen LogP contribution in [0, 0.1) is 0 Å². The molecule has 0 unspecified atom stereocenters. The van der Waals surface area contributed by atoms with Gasteiger partial charge in [0.25, 0.3) is 0 Å². The molecule has 0 aromatic heterocycles. The number of rotatable bonds is 20. The van der Waals surface area contributed by atoms with Gasteiger partial charge >= 0.3 is 17.6 Å². The smallest absolute Gasteiger partial charge is 0.371 e. The van der Waals surface area contributed by atoms with Crippen LogP contribution in [0.1, 0.15) is 107 Å². The third-order valence-corrected chi connectivity index (χ3v) is 12.8. The Morgan fingerprint density at radius 2 is 0.744 bits per heavy atom.